The van der Waals surface area contributed by atoms with Gasteiger partial charge in [0.15, 0.2) is 0 Å². The number of hydrogen-bond donors (Lipinski definition) is 2. The third kappa shape index (κ3) is 3.51. The maximum atomic E-state index is 13.1. The molecule has 10 heteroatoms. The number of nitrogens with zero attached hydrogens (tertiary/aromatic N) is 2. The summed E-state index contributed by atoms with van der Waals surface area (Å²) in [6, 6.07) is 4.74. The fourth-order valence-electron chi connectivity index (χ4n) is 4.23. The van der Waals surface area contributed by atoms with Crippen LogP contribution >= 0.6 is 0 Å². The molecule has 1 unspecified atom stereocenters. The van der Waals surface area contributed by atoms with Crippen molar-refractivity contribution in [3.8, 4) is 5.75 Å². The summed E-state index contributed by atoms with van der Waals surface area (Å²) in [6.45, 7) is 2.33. The minimum Gasteiger partial charge on any atom is -0.490 e. The molecule has 0 bridgehead atoms. The fraction of sp³-hybridized carbons (Fsp3) is 0.611. The quantitative estimate of drug-likeness (QED) is 0.767. The molecule has 3 aliphatic heterocycles. The summed E-state index contributed by atoms with van der Waals surface area (Å²) < 4.78 is 39.2. The number of rotatable bonds is 3. The van der Waals surface area contributed by atoms with Crippen molar-refractivity contribution in [3.63, 3.8) is 0 Å². The van der Waals surface area contributed by atoms with Gasteiger partial charge in [-0.1, -0.05) is 0 Å². The molecule has 4 rings (SSSR count). The molecule has 2 N–H and O–H groups in total. The zero-order valence-corrected chi connectivity index (χ0v) is 16.6. The molecule has 154 valence electrons. The van der Waals surface area contributed by atoms with E-state index in [0.717, 1.165) is 5.69 Å². The lowest BCUT2D eigenvalue weighted by Crippen LogP contribution is -2.47. The number of piperidine rings is 1. The highest BCUT2D eigenvalue weighted by molar-refractivity contribution is 7.89. The molecule has 1 spiro atoms. The number of likely N-dealkylation sites (N-methyl/N-ethyl adjacent to an activating group) is 1. The van der Waals surface area contributed by atoms with Crippen LogP contribution in [0.2, 0.25) is 0 Å². The van der Waals surface area contributed by atoms with Crippen LogP contribution in [-0.4, -0.2) is 75.5 Å². The molecule has 28 heavy (non-hydrogen) atoms. The first-order chi connectivity index (χ1) is 13.3. The summed E-state index contributed by atoms with van der Waals surface area (Å²) in [7, 11) is -1.69. The lowest BCUT2D eigenvalue weighted by atomic mass is 9.88. The monoisotopic (exact) mass is 411 g/mol. The predicted molar refractivity (Wildman–Crippen MR) is 101 cm³/mol. The standard InChI is InChI=1S/C18H25N3O6S/c1-20-8-9-26-16-3-2-14(10-15(16)20)28(24,25)21-6-4-18(5-7-21)11-13(12-27-18)19-17(22)23/h2-3,10,13,19H,4-9,11-12H2,1H3,(H,22,23). The second-order valence-electron chi connectivity index (χ2n) is 7.65. The van der Waals surface area contributed by atoms with E-state index in [2.05, 4.69) is 5.32 Å². The van der Waals surface area contributed by atoms with Crippen LogP contribution in [0.4, 0.5) is 10.5 Å². The third-order valence-electron chi connectivity index (χ3n) is 5.83. The van der Waals surface area contributed by atoms with Crippen LogP contribution in [0.15, 0.2) is 23.1 Å². The number of hydrogen-bond acceptors (Lipinski definition) is 6. The number of anilines is 1. The minimum atomic E-state index is -3.61. The topological polar surface area (TPSA) is 108 Å². The van der Waals surface area contributed by atoms with E-state index in [-0.39, 0.29) is 10.9 Å². The van der Waals surface area contributed by atoms with Gasteiger partial charge >= 0.3 is 6.09 Å². The van der Waals surface area contributed by atoms with Gasteiger partial charge in [0, 0.05) is 20.1 Å². The highest BCUT2D eigenvalue weighted by Crippen LogP contribution is 2.38. The first kappa shape index (κ1) is 19.3. The van der Waals surface area contributed by atoms with Crippen molar-refractivity contribution in [1.29, 1.82) is 0 Å². The summed E-state index contributed by atoms with van der Waals surface area (Å²) in [5.41, 5.74) is 0.339. The summed E-state index contributed by atoms with van der Waals surface area (Å²) in [4.78, 5) is 13.1. The van der Waals surface area contributed by atoms with Crippen molar-refractivity contribution in [2.45, 2.75) is 35.8 Å². The largest absolute Gasteiger partial charge is 0.490 e. The van der Waals surface area contributed by atoms with Crippen LogP contribution in [-0.2, 0) is 14.8 Å². The van der Waals surface area contributed by atoms with Crippen molar-refractivity contribution in [1.82, 2.24) is 9.62 Å². The van der Waals surface area contributed by atoms with Crippen molar-refractivity contribution >= 4 is 21.8 Å². The summed E-state index contributed by atoms with van der Waals surface area (Å²) in [5.74, 6) is 0.696. The van der Waals surface area contributed by atoms with Crippen LogP contribution in [0, 0.1) is 0 Å². The molecule has 0 radical (unpaired) electrons. The second kappa shape index (κ2) is 7.09. The van der Waals surface area contributed by atoms with Gasteiger partial charge in [-0.2, -0.15) is 4.31 Å². The SMILES string of the molecule is CN1CCOc2ccc(S(=O)(=O)N3CCC4(CC3)CC(NC(=O)O)CO4)cc21. The molecule has 2 fully saturated rings. The molecule has 9 nitrogen and oxygen atoms in total. The molecule has 0 aliphatic carbocycles. The summed E-state index contributed by atoms with van der Waals surface area (Å²) in [5, 5.41) is 11.3. The molecule has 1 aromatic carbocycles. The number of sulfonamides is 1. The molecular weight excluding hydrogens is 386 g/mol. The minimum absolute atomic E-state index is 0.239. The van der Waals surface area contributed by atoms with Gasteiger partial charge in [-0.25, -0.2) is 13.2 Å². The van der Waals surface area contributed by atoms with Gasteiger partial charge in [0.25, 0.3) is 0 Å². The molecule has 1 aromatic rings. The second-order valence-corrected chi connectivity index (χ2v) is 9.59. The Hall–Kier alpha value is -2.04. The smallest absolute Gasteiger partial charge is 0.404 e. The predicted octanol–water partition coefficient (Wildman–Crippen LogP) is 1.10. The van der Waals surface area contributed by atoms with Crippen LogP contribution in [0.3, 0.4) is 0 Å². The first-order valence-electron chi connectivity index (χ1n) is 9.41. The van der Waals surface area contributed by atoms with Crippen LogP contribution < -0.4 is 15.0 Å². The lowest BCUT2D eigenvalue weighted by molar-refractivity contribution is -0.0311. The Morgan fingerprint density at radius 3 is 2.75 bits per heavy atom. The summed E-state index contributed by atoms with van der Waals surface area (Å²) >= 11 is 0. The van der Waals surface area contributed by atoms with E-state index < -0.39 is 21.7 Å². The third-order valence-corrected chi connectivity index (χ3v) is 7.73. The number of carbonyl (C=O) groups is 1. The number of nitrogens with one attached hydrogen (secondary N) is 1. The van der Waals surface area contributed by atoms with Crippen molar-refractivity contribution in [2.75, 3.05) is 44.8 Å². The average Bonchev–Trinajstić information content (AvgIpc) is 3.03. The van der Waals surface area contributed by atoms with E-state index in [4.69, 9.17) is 14.6 Å². The van der Waals surface area contributed by atoms with Gasteiger partial charge in [0.1, 0.15) is 12.4 Å². The fourth-order valence-corrected chi connectivity index (χ4v) is 5.70. The van der Waals surface area contributed by atoms with E-state index in [1.54, 1.807) is 18.2 Å². The van der Waals surface area contributed by atoms with Crippen LogP contribution in [0.25, 0.3) is 0 Å². The molecule has 1 amide bonds. The highest BCUT2D eigenvalue weighted by atomic mass is 32.2. The van der Waals surface area contributed by atoms with Gasteiger partial charge in [-0.3, -0.25) is 0 Å². The van der Waals surface area contributed by atoms with Gasteiger partial charge in [-0.15, -0.1) is 0 Å². The Balaban J connectivity index is 1.46. The molecule has 3 aliphatic rings. The molecule has 2 saturated heterocycles. The van der Waals surface area contributed by atoms with Gasteiger partial charge in [0.2, 0.25) is 10.0 Å². The average molecular weight is 411 g/mol. The van der Waals surface area contributed by atoms with Crippen molar-refractivity contribution in [3.05, 3.63) is 18.2 Å². The van der Waals surface area contributed by atoms with Gasteiger partial charge in [-0.05, 0) is 37.5 Å². The van der Waals surface area contributed by atoms with Gasteiger partial charge in [0.05, 0.1) is 35.4 Å². The Labute approximate surface area is 164 Å². The number of ether oxygens (including phenoxy) is 2. The maximum Gasteiger partial charge on any atom is 0.404 e. The van der Waals surface area contributed by atoms with E-state index in [0.29, 0.717) is 57.9 Å². The lowest BCUT2D eigenvalue weighted by Gasteiger charge is -2.38. The zero-order chi connectivity index (χ0) is 19.9. The van der Waals surface area contributed by atoms with Crippen molar-refractivity contribution < 1.29 is 27.8 Å². The Morgan fingerprint density at radius 1 is 1.29 bits per heavy atom. The van der Waals surface area contributed by atoms with Gasteiger partial charge < -0.3 is 24.8 Å². The zero-order valence-electron chi connectivity index (χ0n) is 15.8. The highest BCUT2D eigenvalue weighted by Gasteiger charge is 2.45. The molecular formula is C18H25N3O6S. The first-order valence-corrected chi connectivity index (χ1v) is 10.8. The number of amides is 1. The van der Waals surface area contributed by atoms with E-state index in [1.165, 1.54) is 4.31 Å². The van der Waals surface area contributed by atoms with Crippen LogP contribution in [0.1, 0.15) is 19.3 Å². The normalized spacial score (nSPS) is 24.6. The molecule has 0 aromatic heterocycles. The van der Waals surface area contributed by atoms with Crippen molar-refractivity contribution in [2.24, 2.45) is 0 Å². The number of fused-ring (bicyclic) bond motifs is 1. The van der Waals surface area contributed by atoms with Crippen LogP contribution in [0.5, 0.6) is 5.75 Å². The van der Waals surface area contributed by atoms with E-state index >= 15 is 0 Å². The van der Waals surface area contributed by atoms with E-state index in [1.807, 2.05) is 11.9 Å². The molecule has 0 saturated carbocycles. The van der Waals surface area contributed by atoms with E-state index in [9.17, 15) is 13.2 Å². The maximum absolute atomic E-state index is 13.1. The molecule has 3 heterocycles. The Bertz CT molecular complexity index is 866. The number of carboxylic acid groups (broad SMARTS) is 1. The number of benzene rings is 1. The Morgan fingerprint density at radius 2 is 2.04 bits per heavy atom. The Kier molecular flexibility index (Phi) is 4.88. The molecule has 1 atom stereocenters. The summed E-state index contributed by atoms with van der Waals surface area (Å²) in [6.07, 6.45) is 0.622.